The number of aryl methyl sites for hydroxylation is 5. The summed E-state index contributed by atoms with van der Waals surface area (Å²) in [4.78, 5) is 8.75. The minimum absolute atomic E-state index is 0. The van der Waals surface area contributed by atoms with Crippen LogP contribution in [-0.2, 0) is 31.9 Å². The Morgan fingerprint density at radius 2 is 1.34 bits per heavy atom. The van der Waals surface area contributed by atoms with Crippen LogP contribution < -0.4 is 0 Å². The Kier molecular flexibility index (Phi) is 7.43. The molecule has 0 aliphatic heterocycles. The molecule has 0 aliphatic carbocycles. The Labute approximate surface area is 383 Å². The maximum Gasteiger partial charge on any atom is 0.121 e. The third-order valence-electron chi connectivity index (χ3n) is 9.47. The van der Waals surface area contributed by atoms with Crippen molar-refractivity contribution in [2.24, 2.45) is 5.41 Å². The van der Waals surface area contributed by atoms with Gasteiger partial charge in [-0.2, -0.15) is 0 Å². The van der Waals surface area contributed by atoms with Crippen molar-refractivity contribution in [3.05, 3.63) is 167 Å². The van der Waals surface area contributed by atoms with E-state index in [0.717, 1.165) is 11.8 Å². The summed E-state index contributed by atoms with van der Waals surface area (Å²) in [5.74, 6) is 0. The molecule has 0 fully saturated rings. The Morgan fingerprint density at radius 1 is 0.638 bits per heavy atom. The van der Waals surface area contributed by atoms with Gasteiger partial charge >= 0.3 is 0 Å². The van der Waals surface area contributed by atoms with Crippen LogP contribution in [0.3, 0.4) is 0 Å². The topological polar surface area (TPSA) is 38.9 Å². The molecule has 0 spiro atoms. The normalized spacial score (nSPS) is 17.3. The fourth-order valence-electron chi connectivity index (χ4n) is 6.60. The fourth-order valence-corrected chi connectivity index (χ4v) is 6.60. The average Bonchev–Trinajstić information content (AvgIpc) is 3.68. The van der Waals surface area contributed by atoms with E-state index in [2.05, 4.69) is 22.1 Å². The molecule has 0 saturated heterocycles. The molecule has 0 N–H and O–H groups in total. The van der Waals surface area contributed by atoms with E-state index in [0.29, 0.717) is 49.9 Å². The van der Waals surface area contributed by atoms with Crippen LogP contribution in [0, 0.1) is 51.8 Å². The molecule has 0 saturated carbocycles. The van der Waals surface area contributed by atoms with E-state index in [9.17, 15) is 0 Å². The van der Waals surface area contributed by atoms with Crippen molar-refractivity contribution in [2.75, 3.05) is 0 Å². The van der Waals surface area contributed by atoms with Crippen molar-refractivity contribution in [3.8, 4) is 44.8 Å². The van der Waals surface area contributed by atoms with Crippen LogP contribution in [0.25, 0.3) is 66.7 Å². The molecule has 8 rings (SSSR count). The van der Waals surface area contributed by atoms with Gasteiger partial charge in [-0.25, -0.2) is 0 Å². The molecule has 3 heterocycles. The smallest absolute Gasteiger partial charge is 0.121 e. The minimum atomic E-state index is -2.77. The molecule has 58 heavy (non-hydrogen) atoms. The second-order valence-corrected chi connectivity index (χ2v) is 16.1. The summed E-state index contributed by atoms with van der Waals surface area (Å²) in [6.45, 7) is -1.04. The first kappa shape index (κ1) is 25.4. The zero-order valence-electron chi connectivity index (χ0n) is 50.1. The van der Waals surface area contributed by atoms with Gasteiger partial charge in [0, 0.05) is 61.2 Å². The first-order chi connectivity index (χ1) is 33.9. The number of rotatable bonds is 5. The number of hydrogen-bond acceptors (Lipinski definition) is 3. The molecule has 1 radical (unpaired) electrons. The minimum Gasteiger partial charge on any atom is -0.501 e. The number of furan rings is 1. The van der Waals surface area contributed by atoms with Crippen molar-refractivity contribution in [2.45, 2.75) is 87.6 Å². The van der Waals surface area contributed by atoms with Gasteiger partial charge in [-0.3, -0.25) is 0 Å². The van der Waals surface area contributed by atoms with E-state index in [1.165, 1.54) is 42.6 Å². The molecule has 8 aromatic rings. The van der Waals surface area contributed by atoms with E-state index < -0.39 is 46.0 Å². The van der Waals surface area contributed by atoms with Gasteiger partial charge in [0.1, 0.15) is 5.58 Å². The fraction of sp³-hybridized carbons (Fsp3) is 0.259. The molecule has 0 aliphatic rings. The summed E-state index contributed by atoms with van der Waals surface area (Å²) in [5.41, 5.74) is 3.57. The number of pyridine rings is 2. The van der Waals surface area contributed by atoms with Gasteiger partial charge < -0.3 is 14.4 Å². The monoisotopic (exact) mass is 956 g/mol. The van der Waals surface area contributed by atoms with Gasteiger partial charge in [-0.15, -0.1) is 53.6 Å². The molecule has 0 atom stereocenters. The summed E-state index contributed by atoms with van der Waals surface area (Å²) in [6, 6.07) is 33.4. The maximum atomic E-state index is 8.51. The van der Waals surface area contributed by atoms with Crippen LogP contribution in [0.15, 0.2) is 120 Å². The van der Waals surface area contributed by atoms with E-state index in [4.69, 9.17) is 27.7 Å². The van der Waals surface area contributed by atoms with Crippen LogP contribution in [-0.4, -0.2) is 9.97 Å². The number of aromatic nitrogens is 2. The largest absolute Gasteiger partial charge is 0.501 e. The molecular weight excluding hydrogens is 885 g/mol. The summed E-state index contributed by atoms with van der Waals surface area (Å²) < 4.78 is 144. The predicted molar refractivity (Wildman–Crippen MR) is 241 cm³/mol. The molecule has 0 unspecified atom stereocenters. The first-order valence-corrected chi connectivity index (χ1v) is 18.6. The van der Waals surface area contributed by atoms with Gasteiger partial charge in [0.05, 0.1) is 5.58 Å². The van der Waals surface area contributed by atoms with Gasteiger partial charge in [0.25, 0.3) is 0 Å². The maximum absolute atomic E-state index is 8.51. The van der Waals surface area contributed by atoms with Crippen LogP contribution in [0.1, 0.15) is 104 Å². The third kappa shape index (κ3) is 9.41. The first-order valence-electron chi connectivity index (χ1n) is 27.1. The molecule has 5 aromatic carbocycles. The van der Waals surface area contributed by atoms with Crippen molar-refractivity contribution in [1.29, 1.82) is 0 Å². The summed E-state index contributed by atoms with van der Waals surface area (Å²) in [5, 5.41) is 1.28. The van der Waals surface area contributed by atoms with Gasteiger partial charge in [0.15, 0.2) is 0 Å². The number of fused-ring (bicyclic) bond motifs is 3. The Balaban J connectivity index is 0.000000319. The zero-order chi connectivity index (χ0) is 54.9. The molecule has 4 heteroatoms. The second-order valence-electron chi connectivity index (χ2n) is 16.1. The van der Waals surface area contributed by atoms with Crippen molar-refractivity contribution in [3.63, 3.8) is 0 Å². The summed E-state index contributed by atoms with van der Waals surface area (Å²) in [7, 11) is 0. The standard InChI is InChI=1S/C37H34NO.C17H20N.Ir/c1-22-11-16-28-29-9-8-10-30(36(29)39-35(28)17-22)34-20-33(25(4)21-38-34)32-19-23(2)31(18-24(32)3)26-12-14-27(15-13-26)37(5,6)7;1-13-5-8-15(9-6-13)16-10-7-14(12-18-16)11-17(2,3)4;/h8-9,11-21H,1-7H3;5-8,10,12H,11H2,1-4H3;/q2*-1;/i1D3,2D3,3D3,4D3;1D3,11D2;. The van der Waals surface area contributed by atoms with E-state index >= 15 is 0 Å². The average molecular weight is 956 g/mol. The van der Waals surface area contributed by atoms with Gasteiger partial charge in [-0.1, -0.05) is 126 Å². The molecular formula is C54H54IrN2O-2. The van der Waals surface area contributed by atoms with E-state index in [-0.39, 0.29) is 75.7 Å². The van der Waals surface area contributed by atoms with Crippen LogP contribution in [0.4, 0.5) is 0 Å². The summed E-state index contributed by atoms with van der Waals surface area (Å²) >= 11 is 0. The molecule has 0 bridgehead atoms. The third-order valence-corrected chi connectivity index (χ3v) is 9.47. The van der Waals surface area contributed by atoms with E-state index in [1.54, 1.807) is 54.6 Å². The molecule has 297 valence electrons. The molecule has 3 aromatic heterocycles. The molecule has 3 nitrogen and oxygen atoms in total. The predicted octanol–water partition coefficient (Wildman–Crippen LogP) is 14.8. The quantitative estimate of drug-likeness (QED) is 0.161. The van der Waals surface area contributed by atoms with Crippen LogP contribution in [0.5, 0.6) is 0 Å². The zero-order valence-corrected chi connectivity index (χ0v) is 35.5. The Bertz CT molecular complexity index is 3340. The summed E-state index contributed by atoms with van der Waals surface area (Å²) in [6.07, 6.45) is 1.18. The van der Waals surface area contributed by atoms with Gasteiger partial charge in [0.2, 0.25) is 0 Å². The number of nitrogens with zero attached hydrogens (tertiary/aromatic N) is 2. The Hall–Kier alpha value is -5.15. The number of benzene rings is 5. The van der Waals surface area contributed by atoms with Crippen molar-refractivity contribution >= 4 is 21.9 Å². The van der Waals surface area contributed by atoms with Crippen LogP contribution in [0.2, 0.25) is 0 Å². The van der Waals surface area contributed by atoms with Crippen molar-refractivity contribution < 1.29 is 47.8 Å². The number of hydrogen-bond donors (Lipinski definition) is 0. The Morgan fingerprint density at radius 3 is 2.00 bits per heavy atom. The SMILES string of the molecule is [2H]C([2H])([2H])c1c[c-]c(-c2ccc(C([2H])([2H])C(C)(C)C)cn2)cc1.[2H]C([2H])([2H])c1ccc2c(c1)oc1c(-c3cc(-c4cc(C([2H])([2H])[2H])c(-c5ccc(C(C)(C)C)cc5)cc4C([2H])([2H])[2H])c(C([2H])([2H])[2H])cn3)[c-]ccc12.[Ir]. The van der Waals surface area contributed by atoms with Crippen molar-refractivity contribution in [1.82, 2.24) is 9.97 Å². The van der Waals surface area contributed by atoms with Gasteiger partial charge in [-0.05, 0) is 118 Å². The molecule has 0 amide bonds. The van der Waals surface area contributed by atoms with E-state index in [1.807, 2.05) is 53.7 Å². The van der Waals surface area contributed by atoms with Crippen LogP contribution >= 0.6 is 0 Å². The second kappa shape index (κ2) is 17.0.